The van der Waals surface area contributed by atoms with E-state index in [-0.39, 0.29) is 11.5 Å². The smallest absolute Gasteiger partial charge is 0.280 e. The fraction of sp³-hybridized carbons (Fsp3) is 0.400. The number of amides is 1. The van der Waals surface area contributed by atoms with Gasteiger partial charge < -0.3 is 19.4 Å². The first-order chi connectivity index (χ1) is 10.6. The molecular formula is C15H17N3O4. The van der Waals surface area contributed by atoms with E-state index >= 15 is 0 Å². The van der Waals surface area contributed by atoms with Crippen LogP contribution in [0.25, 0.3) is 10.9 Å². The number of morpholine rings is 1. The van der Waals surface area contributed by atoms with E-state index in [0.717, 1.165) is 0 Å². The first-order valence-corrected chi connectivity index (χ1v) is 7.06. The molecule has 0 spiro atoms. The lowest BCUT2D eigenvalue weighted by Gasteiger charge is -2.27. The van der Waals surface area contributed by atoms with E-state index in [1.807, 2.05) is 0 Å². The van der Waals surface area contributed by atoms with E-state index in [1.165, 1.54) is 7.11 Å². The first-order valence-electron chi connectivity index (χ1n) is 7.06. The molecule has 1 aliphatic rings. The molecule has 7 heteroatoms. The molecule has 0 unspecified atom stereocenters. The molecule has 0 radical (unpaired) electrons. The van der Waals surface area contributed by atoms with Gasteiger partial charge >= 0.3 is 0 Å². The molecule has 1 aromatic heterocycles. The van der Waals surface area contributed by atoms with Crippen LogP contribution in [0.3, 0.4) is 0 Å². The number of nitrogens with one attached hydrogen (secondary N) is 1. The molecule has 3 rings (SSSR count). The third-order valence-corrected chi connectivity index (χ3v) is 3.68. The summed E-state index contributed by atoms with van der Waals surface area (Å²) in [4.78, 5) is 33.2. The van der Waals surface area contributed by atoms with Crippen LogP contribution < -0.4 is 10.3 Å². The van der Waals surface area contributed by atoms with Gasteiger partial charge in [-0.2, -0.15) is 4.98 Å². The third kappa shape index (κ3) is 2.55. The number of rotatable bonds is 2. The van der Waals surface area contributed by atoms with Crippen molar-refractivity contribution in [3.8, 4) is 5.75 Å². The summed E-state index contributed by atoms with van der Waals surface area (Å²) >= 11 is 0. The second-order valence-electron chi connectivity index (χ2n) is 5.13. The van der Waals surface area contributed by atoms with Crippen molar-refractivity contribution in [1.29, 1.82) is 0 Å². The van der Waals surface area contributed by atoms with Crippen LogP contribution in [0.2, 0.25) is 0 Å². The van der Waals surface area contributed by atoms with E-state index in [9.17, 15) is 9.59 Å². The normalized spacial score (nSPS) is 15.1. The number of carbonyl (C=O) groups is 1. The zero-order valence-corrected chi connectivity index (χ0v) is 12.5. The highest BCUT2D eigenvalue weighted by molar-refractivity contribution is 6.00. The number of aryl methyl sites for hydroxylation is 1. The van der Waals surface area contributed by atoms with Crippen molar-refractivity contribution < 1.29 is 14.3 Å². The lowest BCUT2D eigenvalue weighted by molar-refractivity contribution is 0.0301. The molecule has 7 nitrogen and oxygen atoms in total. The minimum atomic E-state index is -0.338. The van der Waals surface area contributed by atoms with Gasteiger partial charge in [-0.1, -0.05) is 0 Å². The van der Waals surface area contributed by atoms with Crippen molar-refractivity contribution in [3.05, 3.63) is 33.9 Å². The van der Waals surface area contributed by atoms with Gasteiger partial charge in [-0.05, 0) is 19.1 Å². The number of aromatic nitrogens is 2. The van der Waals surface area contributed by atoms with Gasteiger partial charge in [0.05, 0.1) is 36.8 Å². The maximum absolute atomic E-state index is 12.7. The van der Waals surface area contributed by atoms with E-state index in [2.05, 4.69) is 9.97 Å². The van der Waals surface area contributed by atoms with Crippen LogP contribution in [0.4, 0.5) is 0 Å². The zero-order chi connectivity index (χ0) is 15.7. The van der Waals surface area contributed by atoms with E-state index in [0.29, 0.717) is 54.3 Å². The van der Waals surface area contributed by atoms with Crippen molar-refractivity contribution >= 4 is 16.8 Å². The van der Waals surface area contributed by atoms with E-state index < -0.39 is 0 Å². The van der Waals surface area contributed by atoms with Crippen LogP contribution >= 0.6 is 0 Å². The number of carbonyl (C=O) groups excluding carboxylic acids is 1. The summed E-state index contributed by atoms with van der Waals surface area (Å²) in [6.45, 7) is 3.86. The van der Waals surface area contributed by atoms with Gasteiger partial charge in [-0.15, -0.1) is 0 Å². The number of nitrogens with zero attached hydrogens (tertiary/aromatic N) is 2. The summed E-state index contributed by atoms with van der Waals surface area (Å²) in [5.74, 6) is 0.755. The van der Waals surface area contributed by atoms with Crippen LogP contribution in [0.15, 0.2) is 16.9 Å². The molecule has 2 heterocycles. The summed E-state index contributed by atoms with van der Waals surface area (Å²) in [6, 6.07) is 3.22. The molecule has 1 aliphatic heterocycles. The second kappa shape index (κ2) is 5.76. The summed E-state index contributed by atoms with van der Waals surface area (Å²) in [6.07, 6.45) is 0. The van der Waals surface area contributed by atoms with Gasteiger partial charge in [-0.25, -0.2) is 0 Å². The zero-order valence-electron chi connectivity index (χ0n) is 12.5. The molecule has 1 saturated heterocycles. The monoisotopic (exact) mass is 303 g/mol. The maximum Gasteiger partial charge on any atom is 0.280 e. The average molecular weight is 303 g/mol. The van der Waals surface area contributed by atoms with Crippen LogP contribution in [0.1, 0.15) is 16.2 Å². The van der Waals surface area contributed by atoms with Gasteiger partial charge in [-0.3, -0.25) is 9.59 Å². The van der Waals surface area contributed by atoms with Gasteiger partial charge in [0.25, 0.3) is 11.5 Å². The van der Waals surface area contributed by atoms with Gasteiger partial charge in [0, 0.05) is 13.1 Å². The summed E-state index contributed by atoms with van der Waals surface area (Å²) < 4.78 is 10.6. The summed E-state index contributed by atoms with van der Waals surface area (Å²) in [5.41, 5.74) is 0.669. The number of hydrogen-bond donors (Lipinski definition) is 1. The topological polar surface area (TPSA) is 84.5 Å². The van der Waals surface area contributed by atoms with Crippen LogP contribution in [-0.4, -0.2) is 54.2 Å². The number of ether oxygens (including phenoxy) is 2. The summed E-state index contributed by atoms with van der Waals surface area (Å²) in [7, 11) is 1.48. The highest BCUT2D eigenvalue weighted by atomic mass is 16.5. The minimum Gasteiger partial charge on any atom is -0.496 e. The molecule has 0 bridgehead atoms. The fourth-order valence-electron chi connectivity index (χ4n) is 2.57. The first kappa shape index (κ1) is 14.5. The fourth-order valence-corrected chi connectivity index (χ4v) is 2.57. The Morgan fingerprint density at radius 1 is 1.36 bits per heavy atom. The molecule has 116 valence electrons. The Morgan fingerprint density at radius 3 is 2.77 bits per heavy atom. The number of H-pyrrole nitrogens is 1. The Bertz CT molecular complexity index is 778. The van der Waals surface area contributed by atoms with Crippen molar-refractivity contribution in [2.45, 2.75) is 6.92 Å². The molecular weight excluding hydrogens is 286 g/mol. The van der Waals surface area contributed by atoms with Gasteiger partial charge in [0.15, 0.2) is 0 Å². The molecule has 1 aromatic carbocycles. The van der Waals surface area contributed by atoms with Gasteiger partial charge in [0.1, 0.15) is 11.6 Å². The van der Waals surface area contributed by atoms with Crippen molar-refractivity contribution in [2.75, 3.05) is 33.4 Å². The number of methoxy groups -OCH3 is 1. The van der Waals surface area contributed by atoms with Crippen LogP contribution in [-0.2, 0) is 4.74 Å². The van der Waals surface area contributed by atoms with Crippen molar-refractivity contribution in [1.82, 2.24) is 14.9 Å². The van der Waals surface area contributed by atoms with Crippen LogP contribution in [0.5, 0.6) is 5.75 Å². The molecule has 1 N–H and O–H groups in total. The lowest BCUT2D eigenvalue weighted by Crippen LogP contribution is -2.40. The molecule has 2 aromatic rings. The SMILES string of the molecule is COc1cc2c(=O)nc(C)[nH]c2cc1C(=O)N1CCOCC1. The van der Waals surface area contributed by atoms with Crippen molar-refractivity contribution in [3.63, 3.8) is 0 Å². The predicted molar refractivity (Wildman–Crippen MR) is 80.4 cm³/mol. The predicted octanol–water partition coefficient (Wildman–Crippen LogP) is 0.713. The molecule has 0 aliphatic carbocycles. The van der Waals surface area contributed by atoms with E-state index in [1.54, 1.807) is 24.0 Å². The Labute approximate surface area is 126 Å². The average Bonchev–Trinajstić information content (AvgIpc) is 2.53. The van der Waals surface area contributed by atoms with E-state index in [4.69, 9.17) is 9.47 Å². The largest absolute Gasteiger partial charge is 0.496 e. The number of benzene rings is 1. The number of hydrogen-bond acceptors (Lipinski definition) is 5. The van der Waals surface area contributed by atoms with Crippen LogP contribution in [0, 0.1) is 6.92 Å². The molecule has 1 fully saturated rings. The van der Waals surface area contributed by atoms with Crippen molar-refractivity contribution in [2.24, 2.45) is 0 Å². The Hall–Kier alpha value is -2.41. The molecule has 0 saturated carbocycles. The Kier molecular flexibility index (Phi) is 3.81. The minimum absolute atomic E-state index is 0.127. The van der Waals surface area contributed by atoms with Gasteiger partial charge in [0.2, 0.25) is 0 Å². The molecule has 1 amide bonds. The maximum atomic E-state index is 12.7. The highest BCUT2D eigenvalue weighted by Gasteiger charge is 2.22. The highest BCUT2D eigenvalue weighted by Crippen LogP contribution is 2.25. The molecule has 22 heavy (non-hydrogen) atoms. The number of aromatic amines is 1. The quantitative estimate of drug-likeness (QED) is 0.883. The number of fused-ring (bicyclic) bond motifs is 1. The molecule has 0 atom stereocenters. The Morgan fingerprint density at radius 2 is 2.09 bits per heavy atom. The lowest BCUT2D eigenvalue weighted by atomic mass is 10.1. The third-order valence-electron chi connectivity index (χ3n) is 3.68. The summed E-state index contributed by atoms with van der Waals surface area (Å²) in [5, 5.41) is 0.404. The standard InChI is InChI=1S/C15H17N3O4/c1-9-16-12-7-11(15(20)18-3-5-22-6-4-18)13(21-2)8-10(12)14(19)17-9/h7-8H,3-6H2,1-2H3,(H,16,17,19). The Balaban J connectivity index is 2.11. The second-order valence-corrected chi connectivity index (χ2v) is 5.13.